The Balaban J connectivity index is 1.73. The van der Waals surface area contributed by atoms with Crippen LogP contribution in [0.3, 0.4) is 0 Å². The Morgan fingerprint density at radius 3 is 2.96 bits per heavy atom. The van der Waals surface area contributed by atoms with Crippen molar-refractivity contribution in [1.82, 2.24) is 5.43 Å². The van der Waals surface area contributed by atoms with Crippen LogP contribution in [-0.2, 0) is 4.79 Å². The second kappa shape index (κ2) is 5.85. The summed E-state index contributed by atoms with van der Waals surface area (Å²) < 4.78 is 5.62. The van der Waals surface area contributed by atoms with E-state index in [9.17, 15) is 9.59 Å². The van der Waals surface area contributed by atoms with E-state index in [0.717, 1.165) is 4.88 Å². The first kappa shape index (κ1) is 15.2. The van der Waals surface area contributed by atoms with Crippen molar-refractivity contribution >= 4 is 35.1 Å². The fourth-order valence-corrected chi connectivity index (χ4v) is 2.62. The lowest BCUT2D eigenvalue weighted by Crippen LogP contribution is -2.45. The second-order valence-electron chi connectivity index (χ2n) is 5.49. The molecule has 0 fully saturated rings. The number of ether oxygens (including phenoxy) is 1. The molecule has 1 aromatic heterocycles. The molecule has 1 aromatic carbocycles. The molecule has 0 radical (unpaired) electrons. The predicted molar refractivity (Wildman–Crippen MR) is 89.2 cm³/mol. The molecule has 7 heteroatoms. The number of hydrogen-bond donors (Lipinski definition) is 2. The third-order valence-corrected chi connectivity index (χ3v) is 4.11. The number of thiophene rings is 1. The third-order valence-electron chi connectivity index (χ3n) is 3.30. The lowest BCUT2D eigenvalue weighted by Gasteiger charge is -2.31. The Bertz CT molecular complexity index is 782. The van der Waals surface area contributed by atoms with E-state index in [1.54, 1.807) is 38.3 Å². The van der Waals surface area contributed by atoms with E-state index in [-0.39, 0.29) is 11.8 Å². The molecule has 3 rings (SSSR count). The Morgan fingerprint density at radius 2 is 2.22 bits per heavy atom. The molecule has 2 aromatic rings. The molecule has 0 saturated carbocycles. The average Bonchev–Trinajstić information content (AvgIpc) is 3.01. The zero-order valence-electron chi connectivity index (χ0n) is 12.6. The van der Waals surface area contributed by atoms with Crippen LogP contribution in [-0.4, -0.2) is 23.6 Å². The smallest absolute Gasteiger partial charge is 0.271 e. The van der Waals surface area contributed by atoms with Crippen LogP contribution >= 0.6 is 11.3 Å². The Labute approximate surface area is 137 Å². The lowest BCUT2D eigenvalue weighted by atomic mass is 10.0. The molecule has 118 valence electrons. The number of carbonyl (C=O) groups is 2. The first-order valence-electron chi connectivity index (χ1n) is 6.97. The summed E-state index contributed by atoms with van der Waals surface area (Å²) in [6.45, 7) is 3.37. The van der Waals surface area contributed by atoms with Gasteiger partial charge in [0.15, 0.2) is 5.60 Å². The van der Waals surface area contributed by atoms with E-state index in [1.807, 2.05) is 17.5 Å². The van der Waals surface area contributed by atoms with Crippen LogP contribution in [0.1, 0.15) is 29.1 Å². The van der Waals surface area contributed by atoms with Crippen LogP contribution in [0, 0.1) is 0 Å². The number of rotatable bonds is 3. The van der Waals surface area contributed by atoms with Gasteiger partial charge in [0.1, 0.15) is 5.75 Å². The van der Waals surface area contributed by atoms with Crippen LogP contribution in [0.4, 0.5) is 5.69 Å². The molecule has 2 amide bonds. The number of nitrogens with one attached hydrogen (secondary N) is 2. The maximum atomic E-state index is 12.1. The minimum Gasteiger partial charge on any atom is -0.476 e. The quantitative estimate of drug-likeness (QED) is 0.671. The molecule has 6 nitrogen and oxygen atoms in total. The normalized spacial score (nSPS) is 15.7. The van der Waals surface area contributed by atoms with Crippen molar-refractivity contribution in [2.75, 3.05) is 5.32 Å². The fourth-order valence-electron chi connectivity index (χ4n) is 2.04. The van der Waals surface area contributed by atoms with Crippen LogP contribution in [0.15, 0.2) is 40.8 Å². The minimum absolute atomic E-state index is 0.252. The average molecular weight is 329 g/mol. The number of fused-ring (bicyclic) bond motifs is 1. The van der Waals surface area contributed by atoms with Gasteiger partial charge in [-0.05, 0) is 43.5 Å². The van der Waals surface area contributed by atoms with E-state index in [1.165, 1.54) is 11.3 Å². The standard InChI is InChI=1S/C16H15N3O3S/c1-16(2)15(21)18-12-8-10(5-6-13(12)22-16)14(20)19-17-9-11-4-3-7-23-11/h3-9H,1-2H3,(H,18,21)(H,19,20). The first-order chi connectivity index (χ1) is 11.0. The van der Waals surface area contributed by atoms with Gasteiger partial charge in [-0.25, -0.2) is 5.43 Å². The minimum atomic E-state index is -0.929. The third kappa shape index (κ3) is 3.24. The van der Waals surface area contributed by atoms with Crippen molar-refractivity contribution in [2.24, 2.45) is 5.10 Å². The maximum Gasteiger partial charge on any atom is 0.271 e. The van der Waals surface area contributed by atoms with E-state index in [0.29, 0.717) is 17.0 Å². The molecule has 0 aliphatic carbocycles. The molecule has 0 spiro atoms. The Kier molecular flexibility index (Phi) is 3.87. The highest BCUT2D eigenvalue weighted by Gasteiger charge is 2.35. The molecule has 2 heterocycles. The Hall–Kier alpha value is -2.67. The summed E-state index contributed by atoms with van der Waals surface area (Å²) in [7, 11) is 0. The molecule has 1 aliphatic rings. The van der Waals surface area contributed by atoms with Gasteiger partial charge in [-0.2, -0.15) is 5.10 Å². The molecule has 0 unspecified atom stereocenters. The van der Waals surface area contributed by atoms with Crippen LogP contribution in [0.25, 0.3) is 0 Å². The number of amides is 2. The van der Waals surface area contributed by atoms with E-state index in [2.05, 4.69) is 15.8 Å². The van der Waals surface area contributed by atoms with Crippen molar-refractivity contribution < 1.29 is 14.3 Å². The largest absolute Gasteiger partial charge is 0.476 e. The van der Waals surface area contributed by atoms with E-state index >= 15 is 0 Å². The van der Waals surface area contributed by atoms with Gasteiger partial charge in [0.2, 0.25) is 0 Å². The van der Waals surface area contributed by atoms with Gasteiger partial charge in [0.25, 0.3) is 11.8 Å². The summed E-state index contributed by atoms with van der Waals surface area (Å²) in [6, 6.07) is 8.66. The van der Waals surface area contributed by atoms with Crippen LogP contribution in [0.5, 0.6) is 5.75 Å². The molecule has 23 heavy (non-hydrogen) atoms. The summed E-state index contributed by atoms with van der Waals surface area (Å²) in [4.78, 5) is 24.9. The number of nitrogens with zero attached hydrogens (tertiary/aromatic N) is 1. The highest BCUT2D eigenvalue weighted by molar-refractivity contribution is 7.11. The highest BCUT2D eigenvalue weighted by Crippen LogP contribution is 2.34. The van der Waals surface area contributed by atoms with Crippen LogP contribution < -0.4 is 15.5 Å². The molecule has 1 aliphatic heterocycles. The van der Waals surface area contributed by atoms with Crippen LogP contribution in [0.2, 0.25) is 0 Å². The number of anilines is 1. The molecular formula is C16H15N3O3S. The van der Waals surface area contributed by atoms with Crippen molar-refractivity contribution in [3.63, 3.8) is 0 Å². The van der Waals surface area contributed by atoms with Gasteiger partial charge in [-0.1, -0.05) is 6.07 Å². The molecular weight excluding hydrogens is 314 g/mol. The van der Waals surface area contributed by atoms with E-state index in [4.69, 9.17) is 4.74 Å². The second-order valence-corrected chi connectivity index (χ2v) is 6.47. The number of benzene rings is 1. The zero-order chi connectivity index (χ0) is 16.4. The first-order valence-corrected chi connectivity index (χ1v) is 7.85. The van der Waals surface area contributed by atoms with Gasteiger partial charge in [0, 0.05) is 10.4 Å². The fraction of sp³-hybridized carbons (Fsp3) is 0.188. The number of carbonyl (C=O) groups excluding carboxylic acids is 2. The van der Waals surface area contributed by atoms with Crippen molar-refractivity contribution in [3.05, 3.63) is 46.2 Å². The highest BCUT2D eigenvalue weighted by atomic mass is 32.1. The van der Waals surface area contributed by atoms with Gasteiger partial charge < -0.3 is 10.1 Å². The predicted octanol–water partition coefficient (Wildman–Crippen LogP) is 2.62. The summed E-state index contributed by atoms with van der Waals surface area (Å²) in [5.74, 6) is -0.0776. The lowest BCUT2D eigenvalue weighted by molar-refractivity contribution is -0.129. The monoisotopic (exact) mass is 329 g/mol. The van der Waals surface area contributed by atoms with E-state index < -0.39 is 5.60 Å². The number of hydrazone groups is 1. The summed E-state index contributed by atoms with van der Waals surface area (Å²) in [6.07, 6.45) is 1.58. The molecule has 0 atom stereocenters. The van der Waals surface area contributed by atoms with Crippen molar-refractivity contribution in [3.8, 4) is 5.75 Å². The summed E-state index contributed by atoms with van der Waals surface area (Å²) in [5.41, 5.74) is 2.39. The summed E-state index contributed by atoms with van der Waals surface area (Å²) in [5, 5.41) is 8.58. The van der Waals surface area contributed by atoms with Gasteiger partial charge >= 0.3 is 0 Å². The van der Waals surface area contributed by atoms with Gasteiger partial charge in [-0.3, -0.25) is 9.59 Å². The van der Waals surface area contributed by atoms with Gasteiger partial charge in [-0.15, -0.1) is 11.3 Å². The molecule has 0 saturated heterocycles. The Morgan fingerprint density at radius 1 is 1.39 bits per heavy atom. The SMILES string of the molecule is CC1(C)Oc2ccc(C(=O)NN=Cc3cccs3)cc2NC1=O. The molecule has 2 N–H and O–H groups in total. The zero-order valence-corrected chi connectivity index (χ0v) is 13.4. The topological polar surface area (TPSA) is 79.8 Å². The van der Waals surface area contributed by atoms with Crippen molar-refractivity contribution in [1.29, 1.82) is 0 Å². The summed E-state index contributed by atoms with van der Waals surface area (Å²) >= 11 is 1.52. The van der Waals surface area contributed by atoms with Crippen molar-refractivity contribution in [2.45, 2.75) is 19.4 Å². The maximum absolute atomic E-state index is 12.1. The van der Waals surface area contributed by atoms with Gasteiger partial charge in [0.05, 0.1) is 11.9 Å². The number of hydrogen-bond acceptors (Lipinski definition) is 5. The molecule has 0 bridgehead atoms.